The molecule has 0 unspecified atom stereocenters. The Labute approximate surface area is 183 Å². The predicted octanol–water partition coefficient (Wildman–Crippen LogP) is 4.94. The zero-order chi connectivity index (χ0) is 21.3. The maximum absolute atomic E-state index is 12.9. The summed E-state index contributed by atoms with van der Waals surface area (Å²) in [5, 5.41) is 3.36. The van der Waals surface area contributed by atoms with Gasteiger partial charge in [0.05, 0.1) is 22.5 Å². The fourth-order valence-corrected chi connectivity index (χ4v) is 5.52. The summed E-state index contributed by atoms with van der Waals surface area (Å²) in [6.07, 6.45) is 0.362. The number of carbonyl (C=O) groups is 2. The molecule has 0 bridgehead atoms. The number of fused-ring (bicyclic) bond motifs is 2. The van der Waals surface area contributed by atoms with Crippen molar-refractivity contribution in [2.24, 2.45) is 0 Å². The van der Waals surface area contributed by atoms with Gasteiger partial charge in [-0.1, -0.05) is 23.5 Å². The highest BCUT2D eigenvalue weighted by Crippen LogP contribution is 2.43. The molecule has 3 aromatic rings. The molecule has 1 aliphatic heterocycles. The van der Waals surface area contributed by atoms with Gasteiger partial charge in [0.25, 0.3) is 0 Å². The lowest BCUT2D eigenvalue weighted by Gasteiger charge is -2.22. The van der Waals surface area contributed by atoms with Gasteiger partial charge in [-0.15, -0.1) is 11.8 Å². The minimum atomic E-state index is -0.271. The monoisotopic (exact) mass is 441 g/mol. The van der Waals surface area contributed by atoms with Crippen molar-refractivity contribution in [3.05, 3.63) is 42.5 Å². The Morgan fingerprint density at radius 2 is 2.07 bits per heavy atom. The van der Waals surface area contributed by atoms with Crippen molar-refractivity contribution in [2.45, 2.75) is 36.8 Å². The number of anilines is 2. The number of para-hydroxylation sites is 1. The molecule has 2 amide bonds. The third-order valence-electron chi connectivity index (χ3n) is 4.64. The van der Waals surface area contributed by atoms with E-state index in [9.17, 15) is 9.59 Å². The van der Waals surface area contributed by atoms with Crippen molar-refractivity contribution in [1.82, 2.24) is 4.98 Å². The summed E-state index contributed by atoms with van der Waals surface area (Å²) in [6, 6.07) is 13.4. The van der Waals surface area contributed by atoms with Crippen LogP contribution in [-0.4, -0.2) is 34.7 Å². The largest absolute Gasteiger partial charge is 0.494 e. The Bertz CT molecular complexity index is 1110. The first kappa shape index (κ1) is 20.7. The van der Waals surface area contributed by atoms with Gasteiger partial charge in [0.2, 0.25) is 11.8 Å². The average Bonchev–Trinajstić information content (AvgIpc) is 3.03. The summed E-state index contributed by atoms with van der Waals surface area (Å²) in [5.74, 6) is 0.448. The number of thioether (sulfide) groups is 1. The smallest absolute Gasteiger partial charge is 0.246 e. The summed E-state index contributed by atoms with van der Waals surface area (Å²) in [6.45, 7) is 6.58. The van der Waals surface area contributed by atoms with E-state index in [4.69, 9.17) is 4.74 Å². The van der Waals surface area contributed by atoms with Crippen LogP contribution in [0, 0.1) is 0 Å². The van der Waals surface area contributed by atoms with Gasteiger partial charge in [-0.05, 0) is 51.1 Å². The summed E-state index contributed by atoms with van der Waals surface area (Å²) in [7, 11) is 0. The SMILES string of the molecule is CCOc1ccc2nc(NC(=O)CN3C(=O)CC(C)(C)Sc4ccccc43)sc2c1. The first-order valence-electron chi connectivity index (χ1n) is 9.76. The number of rotatable bonds is 5. The van der Waals surface area contributed by atoms with Crippen molar-refractivity contribution in [1.29, 1.82) is 0 Å². The molecule has 8 heteroatoms. The third kappa shape index (κ3) is 4.44. The number of carbonyl (C=O) groups excluding carboxylic acids is 2. The topological polar surface area (TPSA) is 71.5 Å². The number of nitrogens with one attached hydrogen (secondary N) is 1. The van der Waals surface area contributed by atoms with E-state index in [2.05, 4.69) is 10.3 Å². The van der Waals surface area contributed by atoms with Gasteiger partial charge in [-0.25, -0.2) is 4.98 Å². The lowest BCUT2D eigenvalue weighted by Crippen LogP contribution is -2.39. The van der Waals surface area contributed by atoms with E-state index in [-0.39, 0.29) is 23.1 Å². The average molecular weight is 442 g/mol. The highest BCUT2D eigenvalue weighted by atomic mass is 32.2. The Balaban J connectivity index is 1.53. The second-order valence-corrected chi connectivity index (χ2v) is 10.4. The highest BCUT2D eigenvalue weighted by Gasteiger charge is 2.33. The molecule has 2 aromatic carbocycles. The summed E-state index contributed by atoms with van der Waals surface area (Å²) < 4.78 is 6.23. The first-order valence-corrected chi connectivity index (χ1v) is 11.4. The molecule has 1 N–H and O–H groups in total. The Kier molecular flexibility index (Phi) is 5.71. The molecule has 4 rings (SSSR count). The second kappa shape index (κ2) is 8.28. The fourth-order valence-electron chi connectivity index (χ4n) is 3.38. The quantitative estimate of drug-likeness (QED) is 0.607. The molecule has 30 heavy (non-hydrogen) atoms. The van der Waals surface area contributed by atoms with Crippen LogP contribution in [0.15, 0.2) is 47.4 Å². The van der Waals surface area contributed by atoms with Crippen LogP contribution < -0.4 is 15.0 Å². The Morgan fingerprint density at radius 1 is 1.27 bits per heavy atom. The molecule has 0 spiro atoms. The predicted molar refractivity (Wildman–Crippen MR) is 123 cm³/mol. The standard InChI is InChI=1S/C22H23N3O3S2/c1-4-28-14-9-10-15-18(11-14)29-21(23-15)24-19(26)13-25-16-7-5-6-8-17(16)30-22(2,3)12-20(25)27/h5-11H,4,12-13H2,1-3H3,(H,23,24,26). The van der Waals surface area contributed by atoms with Gasteiger partial charge >= 0.3 is 0 Å². The van der Waals surface area contributed by atoms with Crippen LogP contribution >= 0.6 is 23.1 Å². The fraction of sp³-hybridized carbons (Fsp3) is 0.318. The molecule has 0 fully saturated rings. The van der Waals surface area contributed by atoms with Gasteiger partial charge in [0.15, 0.2) is 5.13 Å². The van der Waals surface area contributed by atoms with E-state index in [1.807, 2.05) is 63.2 Å². The maximum Gasteiger partial charge on any atom is 0.246 e. The molecule has 2 heterocycles. The lowest BCUT2D eigenvalue weighted by atomic mass is 10.1. The highest BCUT2D eigenvalue weighted by molar-refractivity contribution is 8.00. The molecular formula is C22H23N3O3S2. The third-order valence-corrected chi connectivity index (χ3v) is 6.83. The number of ether oxygens (including phenoxy) is 1. The van der Waals surface area contributed by atoms with Crippen LogP contribution in [0.3, 0.4) is 0 Å². The second-order valence-electron chi connectivity index (χ2n) is 7.62. The molecule has 1 aromatic heterocycles. The Hall–Kier alpha value is -2.58. The van der Waals surface area contributed by atoms with Crippen LogP contribution in [-0.2, 0) is 9.59 Å². The van der Waals surface area contributed by atoms with Gasteiger partial charge < -0.3 is 15.0 Å². The molecular weight excluding hydrogens is 418 g/mol. The van der Waals surface area contributed by atoms with Crippen molar-refractivity contribution < 1.29 is 14.3 Å². The van der Waals surface area contributed by atoms with E-state index in [0.29, 0.717) is 18.2 Å². The minimum absolute atomic E-state index is 0.0490. The summed E-state index contributed by atoms with van der Waals surface area (Å²) >= 11 is 3.05. The zero-order valence-electron chi connectivity index (χ0n) is 17.1. The number of aromatic nitrogens is 1. The molecule has 6 nitrogen and oxygen atoms in total. The van der Waals surface area contributed by atoms with Crippen molar-refractivity contribution in [3.63, 3.8) is 0 Å². The number of nitrogens with zero attached hydrogens (tertiary/aromatic N) is 2. The van der Waals surface area contributed by atoms with Crippen LogP contribution in [0.5, 0.6) is 5.75 Å². The number of benzene rings is 2. The first-order chi connectivity index (χ1) is 14.3. The molecule has 1 aliphatic rings. The van der Waals surface area contributed by atoms with Gasteiger partial charge in [-0.3, -0.25) is 9.59 Å². The van der Waals surface area contributed by atoms with E-state index < -0.39 is 0 Å². The van der Waals surface area contributed by atoms with E-state index in [1.165, 1.54) is 11.3 Å². The summed E-state index contributed by atoms with van der Waals surface area (Å²) in [5.41, 5.74) is 1.58. The van der Waals surface area contributed by atoms with E-state index in [1.54, 1.807) is 16.7 Å². The van der Waals surface area contributed by atoms with Gasteiger partial charge in [0, 0.05) is 16.1 Å². The normalized spacial score (nSPS) is 15.6. The van der Waals surface area contributed by atoms with Gasteiger partial charge in [-0.2, -0.15) is 0 Å². The van der Waals surface area contributed by atoms with Crippen molar-refractivity contribution >= 4 is 55.9 Å². The van der Waals surface area contributed by atoms with E-state index >= 15 is 0 Å². The number of hydrogen-bond acceptors (Lipinski definition) is 6. The van der Waals surface area contributed by atoms with Gasteiger partial charge in [0.1, 0.15) is 12.3 Å². The minimum Gasteiger partial charge on any atom is -0.494 e. The van der Waals surface area contributed by atoms with E-state index in [0.717, 1.165) is 26.5 Å². The number of thiazole rings is 1. The van der Waals surface area contributed by atoms with Crippen LogP contribution in [0.25, 0.3) is 10.2 Å². The zero-order valence-corrected chi connectivity index (χ0v) is 18.7. The van der Waals surface area contributed by atoms with Crippen LogP contribution in [0.4, 0.5) is 10.8 Å². The molecule has 0 aliphatic carbocycles. The molecule has 0 atom stereocenters. The van der Waals surface area contributed by atoms with Crippen molar-refractivity contribution in [3.8, 4) is 5.75 Å². The molecule has 0 radical (unpaired) electrons. The number of amides is 2. The molecule has 156 valence electrons. The maximum atomic E-state index is 12.9. The molecule has 0 saturated carbocycles. The van der Waals surface area contributed by atoms with Crippen LogP contribution in [0.2, 0.25) is 0 Å². The number of hydrogen-bond donors (Lipinski definition) is 1. The Morgan fingerprint density at radius 3 is 2.87 bits per heavy atom. The lowest BCUT2D eigenvalue weighted by molar-refractivity contribution is -0.121. The summed E-state index contributed by atoms with van der Waals surface area (Å²) in [4.78, 5) is 32.8. The molecule has 0 saturated heterocycles. The van der Waals surface area contributed by atoms with Crippen molar-refractivity contribution in [2.75, 3.05) is 23.4 Å². The van der Waals surface area contributed by atoms with Crippen LogP contribution in [0.1, 0.15) is 27.2 Å².